The van der Waals surface area contributed by atoms with E-state index >= 15 is 0 Å². The van der Waals surface area contributed by atoms with Crippen LogP contribution in [0.25, 0.3) is 11.6 Å². The van der Waals surface area contributed by atoms with Gasteiger partial charge >= 0.3 is 11.8 Å². The van der Waals surface area contributed by atoms with Crippen molar-refractivity contribution in [2.24, 2.45) is 0 Å². The molecule has 1 aromatic carbocycles. The number of hydrogen-bond acceptors (Lipinski definition) is 6. The fourth-order valence-electron chi connectivity index (χ4n) is 2.99. The minimum absolute atomic E-state index is 0.0204. The van der Waals surface area contributed by atoms with Gasteiger partial charge in [0.15, 0.2) is 0 Å². The van der Waals surface area contributed by atoms with Gasteiger partial charge in [-0.15, -0.1) is 10.2 Å². The molecular formula is C18H18ClN5O4S. The third kappa shape index (κ3) is 4.34. The van der Waals surface area contributed by atoms with Gasteiger partial charge in [-0.1, -0.05) is 23.7 Å². The zero-order valence-corrected chi connectivity index (χ0v) is 16.8. The number of benzene rings is 1. The van der Waals surface area contributed by atoms with Crippen molar-refractivity contribution in [2.75, 3.05) is 13.1 Å². The monoisotopic (exact) mass is 435 g/mol. The molecule has 0 spiro atoms. The molecule has 0 bridgehead atoms. The van der Waals surface area contributed by atoms with Crippen molar-refractivity contribution < 1.29 is 17.6 Å². The first kappa shape index (κ1) is 19.6. The number of aromatic nitrogens is 3. The Hall–Kier alpha value is -2.69. The van der Waals surface area contributed by atoms with Gasteiger partial charge in [0, 0.05) is 30.9 Å². The number of aromatic amines is 1. The SMILES string of the molecule is O=C(c1nnc(-c2cc(S(=O)(=O)NCc3ccc(Cl)cc3)c[nH]2)o1)N1CCCC1. The fraction of sp³-hybridized carbons (Fsp3) is 0.278. The van der Waals surface area contributed by atoms with E-state index in [2.05, 4.69) is 19.9 Å². The molecule has 11 heteroatoms. The van der Waals surface area contributed by atoms with Crippen molar-refractivity contribution in [2.45, 2.75) is 24.3 Å². The number of H-pyrrole nitrogens is 1. The molecule has 0 atom stereocenters. The van der Waals surface area contributed by atoms with Gasteiger partial charge in [0.05, 0.1) is 0 Å². The van der Waals surface area contributed by atoms with E-state index in [0.29, 0.717) is 23.8 Å². The lowest BCUT2D eigenvalue weighted by Gasteiger charge is -2.11. The molecule has 3 aromatic rings. The maximum Gasteiger partial charge on any atom is 0.311 e. The first-order valence-electron chi connectivity index (χ1n) is 8.98. The third-order valence-electron chi connectivity index (χ3n) is 4.58. The molecule has 0 aliphatic carbocycles. The van der Waals surface area contributed by atoms with E-state index in [1.807, 2.05) is 0 Å². The lowest BCUT2D eigenvalue weighted by Crippen LogP contribution is -2.27. The molecule has 0 saturated carbocycles. The number of carbonyl (C=O) groups is 1. The van der Waals surface area contributed by atoms with Crippen LogP contribution in [0.15, 0.2) is 45.8 Å². The van der Waals surface area contributed by atoms with E-state index in [4.69, 9.17) is 16.0 Å². The maximum atomic E-state index is 12.5. The van der Waals surface area contributed by atoms with Gasteiger partial charge in [-0.05, 0) is 36.6 Å². The first-order chi connectivity index (χ1) is 13.9. The Bertz CT molecular complexity index is 1120. The molecular weight excluding hydrogens is 418 g/mol. The summed E-state index contributed by atoms with van der Waals surface area (Å²) < 4.78 is 33.0. The smallest absolute Gasteiger partial charge is 0.311 e. The van der Waals surface area contributed by atoms with Gasteiger partial charge in [0.2, 0.25) is 10.0 Å². The second-order valence-corrected chi connectivity index (χ2v) is 8.82. The number of halogens is 1. The molecule has 1 fully saturated rings. The van der Waals surface area contributed by atoms with E-state index in [-0.39, 0.29) is 29.1 Å². The Morgan fingerprint density at radius 2 is 1.93 bits per heavy atom. The summed E-state index contributed by atoms with van der Waals surface area (Å²) >= 11 is 5.83. The Balaban J connectivity index is 1.46. The van der Waals surface area contributed by atoms with Gasteiger partial charge < -0.3 is 14.3 Å². The minimum atomic E-state index is -3.76. The van der Waals surface area contributed by atoms with Crippen molar-refractivity contribution >= 4 is 27.5 Å². The summed E-state index contributed by atoms with van der Waals surface area (Å²) in [5.74, 6) is -0.376. The molecule has 0 radical (unpaired) electrons. The number of nitrogens with one attached hydrogen (secondary N) is 2. The number of hydrogen-bond donors (Lipinski definition) is 2. The van der Waals surface area contributed by atoms with E-state index in [0.717, 1.165) is 18.4 Å². The summed E-state index contributed by atoms with van der Waals surface area (Å²) in [6, 6.07) is 8.24. The quantitative estimate of drug-likeness (QED) is 0.613. The second kappa shape index (κ2) is 7.97. The van der Waals surface area contributed by atoms with Crippen molar-refractivity contribution in [3.8, 4) is 11.6 Å². The highest BCUT2D eigenvalue weighted by atomic mass is 35.5. The molecule has 1 saturated heterocycles. The Labute approximate surface area is 172 Å². The van der Waals surface area contributed by atoms with Crippen LogP contribution in [0.1, 0.15) is 29.1 Å². The lowest BCUT2D eigenvalue weighted by molar-refractivity contribution is 0.0754. The summed E-state index contributed by atoms with van der Waals surface area (Å²) in [4.78, 5) is 16.8. The van der Waals surface area contributed by atoms with Crippen LogP contribution in [0.4, 0.5) is 0 Å². The van der Waals surface area contributed by atoms with Crippen LogP contribution >= 0.6 is 11.6 Å². The van der Waals surface area contributed by atoms with Crippen molar-refractivity contribution in [3.63, 3.8) is 0 Å². The second-order valence-electron chi connectivity index (χ2n) is 6.61. The van der Waals surface area contributed by atoms with Gasteiger partial charge in [-0.25, -0.2) is 13.1 Å². The molecule has 1 aliphatic rings. The predicted octanol–water partition coefficient (Wildman–Crippen LogP) is 2.43. The standard InChI is InChI=1S/C18H18ClN5O4S/c19-13-5-3-12(4-6-13)10-21-29(26,27)14-9-15(20-11-14)16-22-23-17(28-16)18(25)24-7-1-2-8-24/h3-6,9,11,20-21H,1-2,7-8,10H2. The number of sulfonamides is 1. The zero-order chi connectivity index (χ0) is 20.4. The van der Waals surface area contributed by atoms with E-state index in [9.17, 15) is 13.2 Å². The van der Waals surface area contributed by atoms with Crippen LogP contribution in [0, 0.1) is 0 Å². The van der Waals surface area contributed by atoms with E-state index < -0.39 is 10.0 Å². The molecule has 2 N–H and O–H groups in total. The Morgan fingerprint density at radius 3 is 2.66 bits per heavy atom. The molecule has 152 valence electrons. The van der Waals surface area contributed by atoms with E-state index in [1.54, 1.807) is 29.2 Å². The van der Waals surface area contributed by atoms with Crippen LogP contribution in [-0.2, 0) is 16.6 Å². The Morgan fingerprint density at radius 1 is 1.21 bits per heavy atom. The van der Waals surface area contributed by atoms with Crippen LogP contribution in [0.3, 0.4) is 0 Å². The summed E-state index contributed by atoms with van der Waals surface area (Å²) in [5, 5.41) is 8.22. The van der Waals surface area contributed by atoms with Crippen molar-refractivity contribution in [3.05, 3.63) is 53.0 Å². The number of carbonyl (C=O) groups excluding carboxylic acids is 1. The Kier molecular flexibility index (Phi) is 5.39. The summed E-state index contributed by atoms with van der Waals surface area (Å²) in [5.41, 5.74) is 1.08. The molecule has 0 unspecified atom stereocenters. The van der Waals surface area contributed by atoms with Gasteiger partial charge in [-0.3, -0.25) is 4.79 Å². The minimum Gasteiger partial charge on any atom is -0.411 e. The van der Waals surface area contributed by atoms with Gasteiger partial charge in [0.25, 0.3) is 5.89 Å². The third-order valence-corrected chi connectivity index (χ3v) is 6.21. The van der Waals surface area contributed by atoms with Crippen molar-refractivity contribution in [1.29, 1.82) is 0 Å². The van der Waals surface area contributed by atoms with Gasteiger partial charge in [-0.2, -0.15) is 0 Å². The summed E-state index contributed by atoms with van der Waals surface area (Å²) in [6.45, 7) is 1.45. The van der Waals surface area contributed by atoms with E-state index in [1.165, 1.54) is 12.3 Å². The molecule has 1 aliphatic heterocycles. The topological polar surface area (TPSA) is 121 Å². The highest BCUT2D eigenvalue weighted by Crippen LogP contribution is 2.22. The highest BCUT2D eigenvalue weighted by molar-refractivity contribution is 7.89. The summed E-state index contributed by atoms with van der Waals surface area (Å²) in [7, 11) is -3.76. The number of nitrogens with zero attached hydrogens (tertiary/aromatic N) is 3. The van der Waals surface area contributed by atoms with Crippen LogP contribution in [-0.4, -0.2) is 47.5 Å². The molecule has 29 heavy (non-hydrogen) atoms. The van der Waals surface area contributed by atoms with Gasteiger partial charge in [0.1, 0.15) is 10.6 Å². The first-order valence-corrected chi connectivity index (χ1v) is 10.8. The average Bonchev–Trinajstić information content (AvgIpc) is 3.48. The average molecular weight is 436 g/mol. The normalized spacial score (nSPS) is 14.4. The molecule has 1 amide bonds. The lowest BCUT2D eigenvalue weighted by atomic mass is 10.2. The largest absolute Gasteiger partial charge is 0.411 e. The van der Waals surface area contributed by atoms with Crippen LogP contribution in [0.2, 0.25) is 5.02 Å². The van der Waals surface area contributed by atoms with Crippen LogP contribution < -0.4 is 4.72 Å². The number of likely N-dealkylation sites (tertiary alicyclic amines) is 1. The summed E-state index contributed by atoms with van der Waals surface area (Å²) in [6.07, 6.45) is 3.23. The fourth-order valence-corrected chi connectivity index (χ4v) is 4.13. The molecule has 4 rings (SSSR count). The zero-order valence-electron chi connectivity index (χ0n) is 15.3. The molecule has 9 nitrogen and oxygen atoms in total. The van der Waals surface area contributed by atoms with Crippen molar-refractivity contribution in [1.82, 2.24) is 24.8 Å². The molecule has 2 aromatic heterocycles. The highest BCUT2D eigenvalue weighted by Gasteiger charge is 2.25. The number of rotatable bonds is 6. The van der Waals surface area contributed by atoms with Crippen LogP contribution in [0.5, 0.6) is 0 Å². The predicted molar refractivity (Wildman–Crippen MR) is 105 cm³/mol. The number of amides is 1. The molecule has 3 heterocycles. The maximum absolute atomic E-state index is 12.5.